The first-order valence-electron chi connectivity index (χ1n) is 9.61. The minimum Gasteiger partial charge on any atom is -0.744 e. The molecule has 0 amide bonds. The van der Waals surface area contributed by atoms with E-state index in [0.717, 1.165) is 12.1 Å². The second kappa shape index (κ2) is 9.41. The summed E-state index contributed by atoms with van der Waals surface area (Å²) in [5.41, 5.74) is 5.82. The number of azo groups is 1. The maximum absolute atomic E-state index is 13.3. The van der Waals surface area contributed by atoms with Crippen molar-refractivity contribution in [2.45, 2.75) is 14.7 Å². The number of phenols is 1. The summed E-state index contributed by atoms with van der Waals surface area (Å²) >= 11 is 0. The van der Waals surface area contributed by atoms with Crippen LogP contribution in [0.5, 0.6) is 5.75 Å². The maximum atomic E-state index is 13.3. The average molecular weight is 524 g/mol. The molecule has 4 aromatic rings. The van der Waals surface area contributed by atoms with E-state index in [-0.39, 0.29) is 62.3 Å². The van der Waals surface area contributed by atoms with Crippen LogP contribution in [0.15, 0.2) is 104 Å². The SMILES string of the molecule is Nc1ccc2cc(S(=O)(=O)[O-])cc(O)c2c1N=Nc1ccccc1S(=O)(O)(O)c1ccccc1.[Na+]. The second-order valence-electron chi connectivity index (χ2n) is 7.34. The first-order chi connectivity index (χ1) is 15.9. The van der Waals surface area contributed by atoms with Crippen LogP contribution in [0.3, 0.4) is 0 Å². The first kappa shape index (κ1) is 26.9. The van der Waals surface area contributed by atoms with Crippen molar-refractivity contribution >= 4 is 47.6 Å². The van der Waals surface area contributed by atoms with Gasteiger partial charge in [-0.25, -0.2) is 12.6 Å². The quantitative estimate of drug-likeness (QED) is 0.132. The van der Waals surface area contributed by atoms with E-state index in [2.05, 4.69) is 10.2 Å². The molecule has 0 aromatic heterocycles. The van der Waals surface area contributed by atoms with E-state index in [1.807, 2.05) is 0 Å². The Balaban J connectivity index is 0.00000342. The molecule has 0 saturated heterocycles. The number of benzene rings is 4. The number of fused-ring (bicyclic) bond motifs is 1. The summed E-state index contributed by atoms with van der Waals surface area (Å²) in [4.78, 5) is -1.28. The van der Waals surface area contributed by atoms with Gasteiger partial charge < -0.3 is 24.5 Å². The number of anilines is 1. The number of hydrogen-bond acceptors (Lipinski definition) is 8. The Kier molecular flexibility index (Phi) is 7.24. The van der Waals surface area contributed by atoms with Gasteiger partial charge in [0.05, 0.1) is 25.8 Å². The summed E-state index contributed by atoms with van der Waals surface area (Å²) in [7, 11) is -10.4. The molecule has 0 bridgehead atoms. The van der Waals surface area contributed by atoms with Gasteiger partial charge in [0, 0.05) is 0 Å². The molecule has 0 radical (unpaired) electrons. The van der Waals surface area contributed by atoms with Crippen LogP contribution in [0.1, 0.15) is 0 Å². The van der Waals surface area contributed by atoms with Crippen LogP contribution in [-0.2, 0) is 19.7 Å². The van der Waals surface area contributed by atoms with E-state index in [1.54, 1.807) is 6.07 Å². The number of rotatable bonds is 5. The molecule has 176 valence electrons. The van der Waals surface area contributed by atoms with Gasteiger partial charge in [-0.05, 0) is 47.9 Å². The van der Waals surface area contributed by atoms with Gasteiger partial charge in [0.25, 0.3) is 0 Å². The van der Waals surface area contributed by atoms with Gasteiger partial charge in [0.2, 0.25) is 0 Å². The summed E-state index contributed by atoms with van der Waals surface area (Å²) in [5, 5.41) is 18.6. The fraction of sp³-hybridized carbons (Fsp3) is 0. The number of nitrogen functional groups attached to an aromatic ring is 1. The number of nitrogens with zero attached hydrogens (tertiary/aromatic N) is 2. The summed E-state index contributed by atoms with van der Waals surface area (Å²) < 4.78 is 69.1. The Labute approximate surface area is 222 Å². The zero-order valence-electron chi connectivity index (χ0n) is 18.3. The molecular formula is C22H18N3NaO7S2. The van der Waals surface area contributed by atoms with E-state index in [0.29, 0.717) is 0 Å². The maximum Gasteiger partial charge on any atom is 1.00 e. The number of nitrogens with two attached hydrogens (primary N) is 1. The molecule has 0 aliphatic rings. The van der Waals surface area contributed by atoms with Gasteiger partial charge >= 0.3 is 29.6 Å². The summed E-state index contributed by atoms with van der Waals surface area (Å²) in [5.74, 6) is -0.572. The van der Waals surface area contributed by atoms with Gasteiger partial charge in [-0.3, -0.25) is 0 Å². The molecule has 0 fully saturated rings. The van der Waals surface area contributed by atoms with Crippen molar-refractivity contribution in [3.8, 4) is 5.75 Å². The van der Waals surface area contributed by atoms with Crippen LogP contribution in [0.2, 0.25) is 0 Å². The second-order valence-corrected chi connectivity index (χ2v) is 11.4. The summed E-state index contributed by atoms with van der Waals surface area (Å²) in [6.07, 6.45) is 0. The largest absolute Gasteiger partial charge is 1.00 e. The topological polar surface area (TPSA) is 186 Å². The van der Waals surface area contributed by atoms with Gasteiger partial charge in [-0.2, -0.15) is 0 Å². The Hall–Kier alpha value is -2.68. The van der Waals surface area contributed by atoms with Crippen molar-refractivity contribution in [1.82, 2.24) is 0 Å². The number of hydrogen-bond donors (Lipinski definition) is 4. The smallest absolute Gasteiger partial charge is 0.744 e. The van der Waals surface area contributed by atoms with E-state index < -0.39 is 35.3 Å². The van der Waals surface area contributed by atoms with Crippen LogP contribution in [0, 0.1) is 0 Å². The van der Waals surface area contributed by atoms with Crippen LogP contribution >= 0.6 is 0 Å². The van der Waals surface area contributed by atoms with Crippen LogP contribution < -0.4 is 35.3 Å². The Bertz CT molecular complexity index is 1640. The van der Waals surface area contributed by atoms with Crippen molar-refractivity contribution < 1.29 is 60.9 Å². The summed E-state index contributed by atoms with van der Waals surface area (Å²) in [6, 6.07) is 17.3. The molecule has 35 heavy (non-hydrogen) atoms. The Morgan fingerprint density at radius 3 is 2.17 bits per heavy atom. The standard InChI is InChI=1S/C22H19N3O7S2.Na/c23-17-11-10-14-12-15(33(27,28)29)13-19(26)21(14)22(17)25-24-18-8-4-5-9-20(18)34(30,31,32)16-6-2-1-3-7-16;/h1-13,26H,23H2,(H,27,28,29)(H2,30,31,32);/q;+1/p-1. The third kappa shape index (κ3) is 5.15. The zero-order valence-corrected chi connectivity index (χ0v) is 21.9. The molecule has 0 aliphatic carbocycles. The molecule has 5 N–H and O–H groups in total. The predicted molar refractivity (Wildman–Crippen MR) is 125 cm³/mol. The molecule has 0 saturated carbocycles. The van der Waals surface area contributed by atoms with Crippen molar-refractivity contribution in [3.63, 3.8) is 0 Å². The van der Waals surface area contributed by atoms with Crippen molar-refractivity contribution in [1.29, 1.82) is 0 Å². The van der Waals surface area contributed by atoms with Crippen LogP contribution in [-0.4, -0.2) is 31.4 Å². The number of aromatic hydroxyl groups is 1. The molecule has 13 heteroatoms. The van der Waals surface area contributed by atoms with E-state index >= 15 is 0 Å². The minimum atomic E-state index is -5.53. The molecular weight excluding hydrogens is 505 g/mol. The third-order valence-corrected chi connectivity index (χ3v) is 8.12. The Morgan fingerprint density at radius 1 is 0.886 bits per heavy atom. The van der Waals surface area contributed by atoms with Crippen molar-refractivity contribution in [3.05, 3.63) is 78.9 Å². The van der Waals surface area contributed by atoms with E-state index in [9.17, 15) is 31.4 Å². The monoisotopic (exact) mass is 523 g/mol. The fourth-order valence-corrected chi connectivity index (χ4v) is 5.65. The van der Waals surface area contributed by atoms with Crippen molar-refractivity contribution in [2.75, 3.05) is 5.73 Å². The molecule has 0 aliphatic heterocycles. The van der Waals surface area contributed by atoms with E-state index in [4.69, 9.17) is 5.73 Å². The normalized spacial score (nSPS) is 13.3. The van der Waals surface area contributed by atoms with Gasteiger partial charge in [0.15, 0.2) is 0 Å². The van der Waals surface area contributed by atoms with E-state index in [1.165, 1.54) is 60.7 Å². The fourth-order valence-electron chi connectivity index (χ4n) is 3.41. The first-order valence-corrected chi connectivity index (χ1v) is 12.9. The van der Waals surface area contributed by atoms with Gasteiger partial charge in [0.1, 0.15) is 36.9 Å². The average Bonchev–Trinajstić information content (AvgIpc) is 2.78. The molecule has 10 nitrogen and oxygen atoms in total. The van der Waals surface area contributed by atoms with Gasteiger partial charge in [-0.15, -0.1) is 10.2 Å². The molecule has 0 unspecified atom stereocenters. The van der Waals surface area contributed by atoms with Crippen LogP contribution in [0.25, 0.3) is 10.8 Å². The molecule has 4 aromatic carbocycles. The Morgan fingerprint density at radius 2 is 1.51 bits per heavy atom. The number of phenolic OH excluding ortho intramolecular Hbond substituents is 1. The molecule has 0 spiro atoms. The third-order valence-electron chi connectivity index (χ3n) is 5.05. The zero-order chi connectivity index (χ0) is 24.7. The van der Waals surface area contributed by atoms with Crippen LogP contribution in [0.4, 0.5) is 17.1 Å². The summed E-state index contributed by atoms with van der Waals surface area (Å²) in [6.45, 7) is 0. The molecule has 4 rings (SSSR count). The molecule has 0 heterocycles. The minimum absolute atomic E-state index is 0. The predicted octanol–water partition coefficient (Wildman–Crippen LogP) is 1.64. The molecule has 0 atom stereocenters. The van der Waals surface area contributed by atoms with Gasteiger partial charge in [-0.1, -0.05) is 36.4 Å². The van der Waals surface area contributed by atoms with Crippen molar-refractivity contribution in [2.24, 2.45) is 10.2 Å².